The van der Waals surface area contributed by atoms with Crippen LogP contribution in [0.5, 0.6) is 11.5 Å². The Labute approximate surface area is 170 Å². The number of fused-ring (bicyclic) bond motifs is 1. The van der Waals surface area contributed by atoms with E-state index in [4.69, 9.17) is 9.47 Å². The average Bonchev–Trinajstić information content (AvgIpc) is 3.16. The summed E-state index contributed by atoms with van der Waals surface area (Å²) >= 11 is 0. The van der Waals surface area contributed by atoms with Crippen LogP contribution in [-0.4, -0.2) is 53.3 Å². The van der Waals surface area contributed by atoms with Gasteiger partial charge in [-0.05, 0) is 24.3 Å². The Morgan fingerprint density at radius 2 is 1.72 bits per heavy atom. The van der Waals surface area contributed by atoms with Crippen molar-refractivity contribution in [1.82, 2.24) is 5.32 Å². The van der Waals surface area contributed by atoms with Gasteiger partial charge in [-0.1, -0.05) is 12.1 Å². The van der Waals surface area contributed by atoms with Crippen molar-refractivity contribution in [2.24, 2.45) is 0 Å². The quantitative estimate of drug-likeness (QED) is 0.614. The molecule has 29 heavy (non-hydrogen) atoms. The van der Waals surface area contributed by atoms with E-state index in [-0.39, 0.29) is 12.8 Å². The number of quaternary nitrogens is 1. The largest absolute Gasteiger partial charge is 0.454 e. The third kappa shape index (κ3) is 4.97. The number of anilines is 2. The van der Waals surface area contributed by atoms with E-state index in [1.54, 1.807) is 18.2 Å². The van der Waals surface area contributed by atoms with Crippen LogP contribution in [0.4, 0.5) is 11.4 Å². The number of rotatable bonds is 6. The van der Waals surface area contributed by atoms with E-state index in [9.17, 15) is 9.59 Å². The van der Waals surface area contributed by atoms with Crippen molar-refractivity contribution < 1.29 is 24.0 Å². The highest BCUT2D eigenvalue weighted by molar-refractivity contribution is 6.39. The lowest BCUT2D eigenvalue weighted by molar-refractivity contribution is -0.890. The number of likely N-dealkylation sites (N-methyl/N-ethyl adjacent to an activating group) is 1. The number of carbonyl (C=O) groups is 2. The highest BCUT2D eigenvalue weighted by Crippen LogP contribution is 2.34. The summed E-state index contributed by atoms with van der Waals surface area (Å²) in [4.78, 5) is 27.7. The maximum absolute atomic E-state index is 12.3. The summed E-state index contributed by atoms with van der Waals surface area (Å²) in [7, 11) is 8.01. The Morgan fingerprint density at radius 1 is 1.03 bits per heavy atom. The topological polar surface area (TPSA) is 84.3 Å². The SMILES string of the molecule is CN(C)c1ccc([C@H](CNC(=O)C(=O)Nc2ccc3c(c2)OCO3)[NH+](C)C)cc1. The highest BCUT2D eigenvalue weighted by atomic mass is 16.7. The Balaban J connectivity index is 1.59. The third-order valence-electron chi connectivity index (χ3n) is 4.81. The van der Waals surface area contributed by atoms with Crippen molar-refractivity contribution in [2.75, 3.05) is 51.7 Å². The Bertz CT molecular complexity index is 881. The van der Waals surface area contributed by atoms with Crippen molar-refractivity contribution in [2.45, 2.75) is 6.04 Å². The molecule has 0 radical (unpaired) electrons. The summed E-state index contributed by atoms with van der Waals surface area (Å²) < 4.78 is 10.5. The predicted octanol–water partition coefficient (Wildman–Crippen LogP) is 0.422. The first-order chi connectivity index (χ1) is 13.8. The fourth-order valence-corrected chi connectivity index (χ4v) is 3.10. The zero-order valence-electron chi connectivity index (χ0n) is 17.1. The highest BCUT2D eigenvalue weighted by Gasteiger charge is 2.22. The normalized spacial score (nSPS) is 13.1. The average molecular weight is 399 g/mol. The van der Waals surface area contributed by atoms with Crippen molar-refractivity contribution in [1.29, 1.82) is 0 Å². The summed E-state index contributed by atoms with van der Waals surface area (Å²) in [5.41, 5.74) is 2.67. The van der Waals surface area contributed by atoms with E-state index >= 15 is 0 Å². The maximum atomic E-state index is 12.3. The summed E-state index contributed by atoms with van der Waals surface area (Å²) in [6.07, 6.45) is 0. The molecule has 0 saturated heterocycles. The van der Waals surface area contributed by atoms with E-state index in [2.05, 4.69) is 10.6 Å². The summed E-state index contributed by atoms with van der Waals surface area (Å²) in [5.74, 6) is -0.247. The Morgan fingerprint density at radius 3 is 2.38 bits per heavy atom. The van der Waals surface area contributed by atoms with Crippen LogP contribution in [0, 0.1) is 0 Å². The molecule has 8 heteroatoms. The van der Waals surface area contributed by atoms with E-state index in [0.717, 1.165) is 16.2 Å². The molecule has 0 unspecified atom stereocenters. The van der Waals surface area contributed by atoms with Crippen molar-refractivity contribution in [3.63, 3.8) is 0 Å². The van der Waals surface area contributed by atoms with Crippen molar-refractivity contribution in [3.05, 3.63) is 48.0 Å². The minimum absolute atomic E-state index is 0.0218. The van der Waals surface area contributed by atoms with Gasteiger partial charge in [-0.25, -0.2) is 0 Å². The van der Waals surface area contributed by atoms with Crippen LogP contribution in [0.25, 0.3) is 0 Å². The smallest absolute Gasteiger partial charge is 0.313 e. The molecule has 3 N–H and O–H groups in total. The standard InChI is InChI=1S/C21H26N4O4/c1-24(2)16-8-5-14(6-9-16)17(25(3)4)12-22-20(26)21(27)23-15-7-10-18-19(11-15)29-13-28-18/h5-11,17H,12-13H2,1-4H3,(H,22,26)(H,23,27)/p+1/t17-/m0/s1. The van der Waals surface area contributed by atoms with Crippen LogP contribution in [0.2, 0.25) is 0 Å². The fraction of sp³-hybridized carbons (Fsp3) is 0.333. The van der Waals surface area contributed by atoms with Gasteiger partial charge in [0.2, 0.25) is 6.79 Å². The molecular weight excluding hydrogens is 372 g/mol. The van der Waals surface area contributed by atoms with Gasteiger partial charge >= 0.3 is 11.8 Å². The second kappa shape index (κ2) is 8.83. The number of benzene rings is 2. The van der Waals surface area contributed by atoms with E-state index in [1.165, 1.54) is 0 Å². The van der Waals surface area contributed by atoms with E-state index in [0.29, 0.717) is 23.7 Å². The first kappa shape index (κ1) is 20.5. The molecule has 2 aromatic carbocycles. The fourth-order valence-electron chi connectivity index (χ4n) is 3.10. The van der Waals surface area contributed by atoms with Gasteiger partial charge in [-0.2, -0.15) is 0 Å². The second-order valence-corrected chi connectivity index (χ2v) is 7.35. The molecule has 0 aliphatic carbocycles. The number of hydrogen-bond donors (Lipinski definition) is 3. The van der Waals surface area contributed by atoms with Gasteiger partial charge in [0, 0.05) is 37.1 Å². The minimum Gasteiger partial charge on any atom is -0.454 e. The van der Waals surface area contributed by atoms with Gasteiger partial charge in [-0.15, -0.1) is 0 Å². The molecule has 154 valence electrons. The van der Waals surface area contributed by atoms with Crippen LogP contribution in [0.1, 0.15) is 11.6 Å². The molecule has 2 amide bonds. The maximum Gasteiger partial charge on any atom is 0.313 e. The van der Waals surface area contributed by atoms with Gasteiger partial charge in [0.1, 0.15) is 6.04 Å². The molecule has 0 aromatic heterocycles. The van der Waals surface area contributed by atoms with Gasteiger partial charge in [0.05, 0.1) is 20.6 Å². The van der Waals surface area contributed by atoms with Gasteiger partial charge in [-0.3, -0.25) is 9.59 Å². The molecule has 0 saturated carbocycles. The number of carbonyl (C=O) groups excluding carboxylic acids is 2. The van der Waals surface area contributed by atoms with Gasteiger partial charge in [0.25, 0.3) is 0 Å². The minimum atomic E-state index is -0.723. The molecule has 1 aliphatic rings. The zero-order chi connectivity index (χ0) is 21.0. The van der Waals surface area contributed by atoms with Gasteiger partial charge < -0.3 is 29.9 Å². The molecular formula is C21H27N4O4+. The molecule has 1 heterocycles. The summed E-state index contributed by atoms with van der Waals surface area (Å²) in [6.45, 7) is 0.494. The van der Waals surface area contributed by atoms with Crippen molar-refractivity contribution >= 4 is 23.2 Å². The van der Waals surface area contributed by atoms with Crippen LogP contribution >= 0.6 is 0 Å². The summed E-state index contributed by atoms with van der Waals surface area (Å²) in [6, 6.07) is 13.2. The number of nitrogens with zero attached hydrogens (tertiary/aromatic N) is 1. The molecule has 0 bridgehead atoms. The molecule has 1 atom stereocenters. The molecule has 1 aliphatic heterocycles. The van der Waals surface area contributed by atoms with Gasteiger partial charge in [0.15, 0.2) is 11.5 Å². The molecule has 2 aromatic rings. The Hall–Kier alpha value is -3.26. The van der Waals surface area contributed by atoms with Crippen LogP contribution in [0.3, 0.4) is 0 Å². The van der Waals surface area contributed by atoms with Crippen LogP contribution < -0.4 is 29.9 Å². The lowest BCUT2D eigenvalue weighted by Gasteiger charge is -2.23. The third-order valence-corrected chi connectivity index (χ3v) is 4.81. The van der Waals surface area contributed by atoms with Crippen LogP contribution in [0.15, 0.2) is 42.5 Å². The van der Waals surface area contributed by atoms with E-state index in [1.807, 2.05) is 57.4 Å². The first-order valence-corrected chi connectivity index (χ1v) is 9.41. The zero-order valence-corrected chi connectivity index (χ0v) is 17.1. The number of amides is 2. The molecule has 0 fully saturated rings. The number of hydrogen-bond acceptors (Lipinski definition) is 5. The number of ether oxygens (including phenoxy) is 2. The molecule has 3 rings (SSSR count). The predicted molar refractivity (Wildman–Crippen MR) is 111 cm³/mol. The molecule has 0 spiro atoms. The Kier molecular flexibility index (Phi) is 6.23. The first-order valence-electron chi connectivity index (χ1n) is 9.41. The van der Waals surface area contributed by atoms with E-state index < -0.39 is 11.8 Å². The lowest BCUT2D eigenvalue weighted by Crippen LogP contribution is -3.07. The lowest BCUT2D eigenvalue weighted by atomic mass is 10.1. The summed E-state index contributed by atoms with van der Waals surface area (Å²) in [5, 5.41) is 5.32. The van der Waals surface area contributed by atoms with Crippen LogP contribution in [-0.2, 0) is 9.59 Å². The van der Waals surface area contributed by atoms with Crippen molar-refractivity contribution in [3.8, 4) is 11.5 Å². The second-order valence-electron chi connectivity index (χ2n) is 7.35. The number of nitrogens with one attached hydrogen (secondary N) is 3. The molecule has 8 nitrogen and oxygen atoms in total. The monoisotopic (exact) mass is 399 g/mol.